The van der Waals surface area contributed by atoms with Crippen LogP contribution in [0.5, 0.6) is 0 Å². The lowest BCUT2D eigenvalue weighted by atomic mass is 10.1. The third-order valence-electron chi connectivity index (χ3n) is 3.68. The van der Waals surface area contributed by atoms with Gasteiger partial charge >= 0.3 is 0 Å². The van der Waals surface area contributed by atoms with Gasteiger partial charge in [0.15, 0.2) is 21.3 Å². The summed E-state index contributed by atoms with van der Waals surface area (Å²) >= 11 is 1.04. The molecule has 0 saturated heterocycles. The summed E-state index contributed by atoms with van der Waals surface area (Å²) in [5.74, 6) is -0.627. The van der Waals surface area contributed by atoms with Gasteiger partial charge in [0.05, 0.1) is 5.75 Å². The van der Waals surface area contributed by atoms with Crippen molar-refractivity contribution in [2.75, 3.05) is 12.3 Å². The molecule has 28 heavy (non-hydrogen) atoms. The number of benzene rings is 1. The van der Waals surface area contributed by atoms with E-state index in [4.69, 9.17) is 4.52 Å². The molecule has 0 bridgehead atoms. The molecule has 3 aromatic rings. The molecular formula is C17H18N4O5S2. The number of rotatable bonds is 8. The summed E-state index contributed by atoms with van der Waals surface area (Å²) in [6.07, 6.45) is -0.795. The molecule has 3 rings (SSSR count). The van der Waals surface area contributed by atoms with E-state index < -0.39 is 21.8 Å². The topological polar surface area (TPSA) is 135 Å². The van der Waals surface area contributed by atoms with Gasteiger partial charge in [-0.05, 0) is 6.92 Å². The van der Waals surface area contributed by atoms with E-state index in [0.29, 0.717) is 15.8 Å². The Balaban J connectivity index is 1.52. The van der Waals surface area contributed by atoms with Crippen molar-refractivity contribution in [1.29, 1.82) is 0 Å². The molecule has 0 radical (unpaired) electrons. The maximum absolute atomic E-state index is 12.2. The van der Waals surface area contributed by atoms with Crippen LogP contribution in [-0.2, 0) is 15.6 Å². The fourth-order valence-electron chi connectivity index (χ4n) is 2.29. The molecule has 0 aliphatic carbocycles. The minimum absolute atomic E-state index is 0.0712. The normalized spacial score (nSPS) is 12.6. The maximum Gasteiger partial charge on any atom is 0.273 e. The highest BCUT2D eigenvalue weighted by Crippen LogP contribution is 2.20. The van der Waals surface area contributed by atoms with Crippen molar-refractivity contribution in [2.24, 2.45) is 0 Å². The van der Waals surface area contributed by atoms with Crippen LogP contribution in [0, 0.1) is 0 Å². The Labute approximate surface area is 165 Å². The van der Waals surface area contributed by atoms with Gasteiger partial charge in [0.1, 0.15) is 21.9 Å². The Bertz CT molecular complexity index is 1040. The molecule has 1 amide bonds. The molecular weight excluding hydrogens is 404 g/mol. The van der Waals surface area contributed by atoms with Crippen LogP contribution in [0.25, 0.3) is 11.3 Å². The summed E-state index contributed by atoms with van der Waals surface area (Å²) in [6, 6.07) is 10.7. The smallest absolute Gasteiger partial charge is 0.273 e. The molecule has 0 fully saturated rings. The van der Waals surface area contributed by atoms with E-state index in [1.165, 1.54) is 13.0 Å². The monoisotopic (exact) mass is 422 g/mol. The van der Waals surface area contributed by atoms with Gasteiger partial charge in [-0.2, -0.15) is 0 Å². The second kappa shape index (κ2) is 8.59. The molecule has 0 aliphatic heterocycles. The Morgan fingerprint density at radius 3 is 2.71 bits per heavy atom. The molecule has 148 valence electrons. The van der Waals surface area contributed by atoms with E-state index in [1.54, 1.807) is 0 Å². The van der Waals surface area contributed by atoms with Crippen molar-refractivity contribution >= 4 is 27.1 Å². The first-order valence-electron chi connectivity index (χ1n) is 8.35. The molecule has 1 aromatic carbocycles. The Hall–Kier alpha value is -2.63. The Kier molecular flexibility index (Phi) is 6.17. The highest BCUT2D eigenvalue weighted by atomic mass is 32.2. The van der Waals surface area contributed by atoms with Crippen LogP contribution in [0.15, 0.2) is 40.9 Å². The summed E-state index contributed by atoms with van der Waals surface area (Å²) in [6.45, 7) is 1.46. The SMILES string of the molecule is C[C@@H](O)c1nnc(CS(=O)(=O)CCNC(=O)c2cc(-c3ccccc3)on2)s1. The Morgan fingerprint density at radius 1 is 1.29 bits per heavy atom. The lowest BCUT2D eigenvalue weighted by Gasteiger charge is -2.03. The number of aromatic nitrogens is 3. The fourth-order valence-corrected chi connectivity index (χ4v) is 4.63. The predicted octanol–water partition coefficient (Wildman–Crippen LogP) is 1.59. The largest absolute Gasteiger partial charge is 0.386 e. The number of amides is 1. The van der Waals surface area contributed by atoms with Gasteiger partial charge < -0.3 is 14.9 Å². The minimum Gasteiger partial charge on any atom is -0.386 e. The average molecular weight is 422 g/mol. The summed E-state index contributed by atoms with van der Waals surface area (Å²) < 4.78 is 29.5. The van der Waals surface area contributed by atoms with Crippen LogP contribution >= 0.6 is 11.3 Å². The predicted molar refractivity (Wildman–Crippen MR) is 102 cm³/mol. The second-order valence-corrected chi connectivity index (χ2v) is 9.28. The lowest BCUT2D eigenvalue weighted by Crippen LogP contribution is -2.29. The number of aliphatic hydroxyl groups excluding tert-OH is 1. The van der Waals surface area contributed by atoms with Crippen molar-refractivity contribution in [3.05, 3.63) is 52.1 Å². The fraction of sp³-hybridized carbons (Fsp3) is 0.294. The van der Waals surface area contributed by atoms with Crippen LogP contribution in [0.3, 0.4) is 0 Å². The van der Waals surface area contributed by atoms with Crippen molar-refractivity contribution in [2.45, 2.75) is 18.8 Å². The van der Waals surface area contributed by atoms with Gasteiger partial charge in [-0.15, -0.1) is 10.2 Å². The molecule has 2 aromatic heterocycles. The van der Waals surface area contributed by atoms with E-state index >= 15 is 0 Å². The minimum atomic E-state index is -3.49. The van der Waals surface area contributed by atoms with E-state index in [2.05, 4.69) is 20.7 Å². The first kappa shape index (κ1) is 20.1. The zero-order valence-corrected chi connectivity index (χ0v) is 16.5. The van der Waals surface area contributed by atoms with Crippen LogP contribution in [0.2, 0.25) is 0 Å². The van der Waals surface area contributed by atoms with Crippen molar-refractivity contribution < 1.29 is 22.8 Å². The second-order valence-electron chi connectivity index (χ2n) is 6.00. The molecule has 9 nitrogen and oxygen atoms in total. The van der Waals surface area contributed by atoms with Gasteiger partial charge in [-0.25, -0.2) is 8.42 Å². The summed E-state index contributed by atoms with van der Waals surface area (Å²) in [4.78, 5) is 12.1. The molecule has 0 spiro atoms. The molecule has 2 heterocycles. The molecule has 0 saturated carbocycles. The number of hydrogen-bond donors (Lipinski definition) is 2. The van der Waals surface area contributed by atoms with E-state index in [-0.39, 0.29) is 23.7 Å². The zero-order valence-electron chi connectivity index (χ0n) is 14.9. The maximum atomic E-state index is 12.2. The van der Waals surface area contributed by atoms with Gasteiger partial charge in [-0.1, -0.05) is 46.8 Å². The molecule has 0 aliphatic rings. The lowest BCUT2D eigenvalue weighted by molar-refractivity contribution is 0.0947. The number of carbonyl (C=O) groups excluding carboxylic acids is 1. The standard InChI is InChI=1S/C17H18N4O5S2/c1-11(22)17-20-19-15(27-17)10-28(24,25)8-7-18-16(23)13-9-14(26-21-13)12-5-3-2-4-6-12/h2-6,9,11,22H,7-8,10H2,1H3,(H,18,23)/t11-/m1/s1. The van der Waals surface area contributed by atoms with Crippen molar-refractivity contribution in [3.63, 3.8) is 0 Å². The highest BCUT2D eigenvalue weighted by Gasteiger charge is 2.19. The molecule has 11 heteroatoms. The number of carbonyl (C=O) groups is 1. The van der Waals surface area contributed by atoms with Gasteiger partial charge in [0, 0.05) is 18.2 Å². The number of hydrogen-bond acceptors (Lipinski definition) is 9. The quantitative estimate of drug-likeness (QED) is 0.559. The van der Waals surface area contributed by atoms with Gasteiger partial charge in [-0.3, -0.25) is 4.79 Å². The van der Waals surface area contributed by atoms with E-state index in [1.807, 2.05) is 30.3 Å². The van der Waals surface area contributed by atoms with Crippen LogP contribution in [0.1, 0.15) is 33.5 Å². The molecule has 1 atom stereocenters. The van der Waals surface area contributed by atoms with E-state index in [9.17, 15) is 18.3 Å². The van der Waals surface area contributed by atoms with Gasteiger partial charge in [0.2, 0.25) is 0 Å². The average Bonchev–Trinajstić information content (AvgIpc) is 3.31. The third-order valence-corrected chi connectivity index (χ3v) is 6.50. The molecule has 0 unspecified atom stereocenters. The van der Waals surface area contributed by atoms with E-state index in [0.717, 1.165) is 16.9 Å². The third kappa shape index (κ3) is 5.21. The van der Waals surface area contributed by atoms with Crippen LogP contribution in [-0.4, -0.2) is 47.1 Å². The molecule has 2 N–H and O–H groups in total. The van der Waals surface area contributed by atoms with Crippen LogP contribution in [0.4, 0.5) is 0 Å². The van der Waals surface area contributed by atoms with Gasteiger partial charge in [0.25, 0.3) is 5.91 Å². The number of aliphatic hydroxyl groups is 1. The summed E-state index contributed by atoms with van der Waals surface area (Å²) in [7, 11) is -3.49. The first-order valence-corrected chi connectivity index (χ1v) is 11.0. The number of nitrogens with one attached hydrogen (secondary N) is 1. The zero-order chi connectivity index (χ0) is 20.1. The summed E-state index contributed by atoms with van der Waals surface area (Å²) in [5.41, 5.74) is 0.854. The number of nitrogens with zero attached hydrogens (tertiary/aromatic N) is 3. The first-order chi connectivity index (χ1) is 13.3. The van der Waals surface area contributed by atoms with Crippen LogP contribution < -0.4 is 5.32 Å². The number of sulfone groups is 1. The highest BCUT2D eigenvalue weighted by molar-refractivity contribution is 7.90. The van der Waals surface area contributed by atoms with Crippen molar-refractivity contribution in [3.8, 4) is 11.3 Å². The Morgan fingerprint density at radius 2 is 2.04 bits per heavy atom. The summed E-state index contributed by atoms with van der Waals surface area (Å²) in [5, 5.41) is 23.8. The van der Waals surface area contributed by atoms with Crippen molar-refractivity contribution in [1.82, 2.24) is 20.7 Å².